The van der Waals surface area contributed by atoms with Crippen molar-refractivity contribution < 1.29 is 19.1 Å². The number of aromatic nitrogens is 1. The van der Waals surface area contributed by atoms with E-state index in [9.17, 15) is 14.7 Å². The van der Waals surface area contributed by atoms with Crippen molar-refractivity contribution in [1.29, 1.82) is 5.41 Å². The van der Waals surface area contributed by atoms with Crippen LogP contribution in [-0.2, 0) is 4.74 Å². The molecule has 2 aromatic heterocycles. The van der Waals surface area contributed by atoms with Crippen LogP contribution >= 0.6 is 12.4 Å². The van der Waals surface area contributed by atoms with Crippen LogP contribution in [-0.4, -0.2) is 28.6 Å². The lowest BCUT2D eigenvalue weighted by atomic mass is 9.98. The lowest BCUT2D eigenvalue weighted by molar-refractivity contribution is 0.0696. The quantitative estimate of drug-likeness (QED) is 0.339. The molecule has 3 N–H and O–H groups in total. The molecule has 0 bridgehead atoms. The van der Waals surface area contributed by atoms with Crippen molar-refractivity contribution >= 4 is 46.3 Å². The van der Waals surface area contributed by atoms with E-state index in [1.165, 1.54) is 0 Å². The summed E-state index contributed by atoms with van der Waals surface area (Å²) < 4.78 is 11.1. The molecule has 0 aliphatic carbocycles. The van der Waals surface area contributed by atoms with Crippen LogP contribution in [0, 0.1) is 5.41 Å². The van der Waals surface area contributed by atoms with Crippen molar-refractivity contribution in [2.75, 3.05) is 6.61 Å². The number of aromatic amines is 1. The zero-order valence-electron chi connectivity index (χ0n) is 15.3. The topological polar surface area (TPSA) is 116 Å². The summed E-state index contributed by atoms with van der Waals surface area (Å²) in [6.45, 7) is 2.11. The first kappa shape index (κ1) is 20.2. The van der Waals surface area contributed by atoms with E-state index in [4.69, 9.17) is 14.6 Å². The molecule has 0 amide bonds. The number of nitrogens with one attached hydrogen (secondary N) is 2. The summed E-state index contributed by atoms with van der Waals surface area (Å²) >= 11 is 0. The number of ether oxygens (including phenoxy) is 1. The van der Waals surface area contributed by atoms with E-state index in [0.717, 1.165) is 0 Å². The van der Waals surface area contributed by atoms with Gasteiger partial charge in [-0.15, -0.1) is 12.4 Å². The fourth-order valence-corrected chi connectivity index (χ4v) is 3.27. The number of para-hydroxylation sites is 1. The molecule has 0 unspecified atom stereocenters. The second kappa shape index (κ2) is 7.81. The van der Waals surface area contributed by atoms with E-state index in [-0.39, 0.29) is 29.5 Å². The maximum atomic E-state index is 12.6. The molecule has 4 aromatic rings. The number of carbonyl (C=O) groups is 1. The van der Waals surface area contributed by atoms with E-state index < -0.39 is 17.1 Å². The summed E-state index contributed by atoms with van der Waals surface area (Å²) in [6.07, 6.45) is 0. The summed E-state index contributed by atoms with van der Waals surface area (Å²) in [5.74, 6) is -1.39. The molecule has 8 heteroatoms. The minimum atomic E-state index is -1.36. The summed E-state index contributed by atoms with van der Waals surface area (Å²) in [5, 5.41) is 18.4. The minimum Gasteiger partial charge on any atom is -0.478 e. The Hall–Kier alpha value is -3.58. The second-order valence-corrected chi connectivity index (χ2v) is 6.15. The minimum absolute atomic E-state index is 0. The van der Waals surface area contributed by atoms with E-state index in [1.807, 2.05) is 6.07 Å². The van der Waals surface area contributed by atoms with Crippen molar-refractivity contribution in [1.82, 2.24) is 4.98 Å². The monoisotopic (exact) mass is 412 g/mol. The van der Waals surface area contributed by atoms with Gasteiger partial charge in [-0.05, 0) is 36.8 Å². The summed E-state index contributed by atoms with van der Waals surface area (Å²) in [4.78, 5) is 27.1. The van der Waals surface area contributed by atoms with Crippen molar-refractivity contribution in [2.45, 2.75) is 6.92 Å². The maximum Gasteiger partial charge on any atom is 0.342 e. The molecular weight excluding hydrogens is 396 g/mol. The average Bonchev–Trinajstić information content (AvgIpc) is 3.05. The molecule has 0 aliphatic heterocycles. The van der Waals surface area contributed by atoms with Gasteiger partial charge in [-0.3, -0.25) is 10.2 Å². The zero-order valence-corrected chi connectivity index (χ0v) is 16.1. The first-order valence-corrected chi connectivity index (χ1v) is 8.64. The van der Waals surface area contributed by atoms with Crippen LogP contribution in [0.25, 0.3) is 33.2 Å². The van der Waals surface area contributed by atoms with Gasteiger partial charge in [0.15, 0.2) is 5.58 Å². The third kappa shape index (κ3) is 3.36. The lowest BCUT2D eigenvalue weighted by Gasteiger charge is -2.10. The smallest absolute Gasteiger partial charge is 0.342 e. The number of pyridine rings is 1. The van der Waals surface area contributed by atoms with E-state index in [2.05, 4.69) is 4.98 Å². The molecular formula is C21H17ClN2O5. The Morgan fingerprint density at radius 1 is 1.21 bits per heavy atom. The number of halogens is 1. The van der Waals surface area contributed by atoms with Gasteiger partial charge in [0.25, 0.3) is 5.56 Å². The zero-order chi connectivity index (χ0) is 19.8. The predicted octanol–water partition coefficient (Wildman–Crippen LogP) is 4.42. The second-order valence-electron chi connectivity index (χ2n) is 6.15. The lowest BCUT2D eigenvalue weighted by Crippen LogP contribution is -2.19. The van der Waals surface area contributed by atoms with Crippen molar-refractivity contribution in [2.24, 2.45) is 0 Å². The Balaban J connectivity index is 0.00000240. The van der Waals surface area contributed by atoms with E-state index in [1.54, 1.807) is 49.4 Å². The number of benzene rings is 2. The molecule has 0 spiro atoms. The molecule has 7 nitrogen and oxygen atoms in total. The van der Waals surface area contributed by atoms with Gasteiger partial charge in [0.1, 0.15) is 11.1 Å². The molecule has 0 atom stereocenters. The summed E-state index contributed by atoms with van der Waals surface area (Å²) in [5.41, 5.74) is 1.22. The number of hydrogen-bond donors (Lipinski definition) is 3. The fourth-order valence-electron chi connectivity index (χ4n) is 3.27. The predicted molar refractivity (Wildman–Crippen MR) is 112 cm³/mol. The van der Waals surface area contributed by atoms with Gasteiger partial charge in [-0.1, -0.05) is 24.3 Å². The fraction of sp³-hybridized carbons (Fsp3) is 0.0952. The molecule has 0 saturated heterocycles. The first-order chi connectivity index (χ1) is 13.5. The Kier molecular flexibility index (Phi) is 5.43. The molecule has 0 fully saturated rings. The van der Waals surface area contributed by atoms with Gasteiger partial charge in [0.2, 0.25) is 5.90 Å². The molecule has 2 aromatic carbocycles. The van der Waals surface area contributed by atoms with Crippen LogP contribution in [0.3, 0.4) is 0 Å². The van der Waals surface area contributed by atoms with Gasteiger partial charge in [0, 0.05) is 16.5 Å². The van der Waals surface area contributed by atoms with Crippen LogP contribution in [0.5, 0.6) is 0 Å². The Bertz CT molecular complexity index is 1310. The SMILES string of the molecule is CCOC(=N)c1cccc(-c2c(C(=O)O)c(=O)[nH]c3c2oc2ccccc23)c1.Cl. The van der Waals surface area contributed by atoms with Gasteiger partial charge in [0.05, 0.1) is 12.1 Å². The molecule has 148 valence electrons. The number of hydrogen-bond acceptors (Lipinski definition) is 5. The normalized spacial score (nSPS) is 10.7. The number of carboxylic acid groups (broad SMARTS) is 1. The average molecular weight is 413 g/mol. The largest absolute Gasteiger partial charge is 0.478 e. The van der Waals surface area contributed by atoms with Crippen LogP contribution in [0.4, 0.5) is 0 Å². The Morgan fingerprint density at radius 2 is 1.97 bits per heavy atom. The highest BCUT2D eigenvalue weighted by Crippen LogP contribution is 2.35. The first-order valence-electron chi connectivity index (χ1n) is 8.64. The van der Waals surface area contributed by atoms with Crippen molar-refractivity contribution in [3.8, 4) is 11.1 Å². The Labute approximate surface area is 170 Å². The van der Waals surface area contributed by atoms with Gasteiger partial charge >= 0.3 is 5.97 Å². The molecule has 4 rings (SSSR count). The molecule has 0 aliphatic rings. The molecule has 29 heavy (non-hydrogen) atoms. The summed E-state index contributed by atoms with van der Waals surface area (Å²) in [7, 11) is 0. The van der Waals surface area contributed by atoms with Crippen LogP contribution < -0.4 is 5.56 Å². The van der Waals surface area contributed by atoms with Crippen LogP contribution in [0.1, 0.15) is 22.8 Å². The maximum absolute atomic E-state index is 12.6. The standard InChI is InChI=1S/C21H16N2O5.ClH/c1-2-27-19(22)12-7-5-6-11(10-12)15-16(21(25)26)20(24)23-17-13-8-3-4-9-14(13)28-18(15)17;/h3-10,22H,2H2,1H3,(H,23,24)(H,25,26);1H. The third-order valence-corrected chi connectivity index (χ3v) is 4.45. The van der Waals surface area contributed by atoms with Gasteiger partial charge < -0.3 is 19.2 Å². The van der Waals surface area contributed by atoms with Crippen molar-refractivity contribution in [3.63, 3.8) is 0 Å². The van der Waals surface area contributed by atoms with Crippen LogP contribution in [0.2, 0.25) is 0 Å². The molecule has 2 heterocycles. The number of carboxylic acids is 1. The molecule has 0 radical (unpaired) electrons. The van der Waals surface area contributed by atoms with E-state index >= 15 is 0 Å². The number of furan rings is 1. The van der Waals surface area contributed by atoms with Crippen LogP contribution in [0.15, 0.2) is 57.7 Å². The highest BCUT2D eigenvalue weighted by molar-refractivity contribution is 6.12. The Morgan fingerprint density at radius 3 is 2.69 bits per heavy atom. The van der Waals surface area contributed by atoms with Gasteiger partial charge in [-0.2, -0.15) is 0 Å². The number of rotatable bonds is 4. The van der Waals surface area contributed by atoms with Gasteiger partial charge in [-0.25, -0.2) is 4.79 Å². The highest BCUT2D eigenvalue weighted by Gasteiger charge is 2.24. The molecule has 0 saturated carbocycles. The summed E-state index contributed by atoms with van der Waals surface area (Å²) in [6, 6.07) is 13.8. The number of H-pyrrole nitrogens is 1. The third-order valence-electron chi connectivity index (χ3n) is 4.45. The van der Waals surface area contributed by atoms with Crippen molar-refractivity contribution in [3.05, 3.63) is 70.0 Å². The highest BCUT2D eigenvalue weighted by atomic mass is 35.5. The van der Waals surface area contributed by atoms with E-state index in [0.29, 0.717) is 34.2 Å². The number of fused-ring (bicyclic) bond motifs is 3. The number of aromatic carboxylic acids is 1.